The van der Waals surface area contributed by atoms with Crippen LogP contribution in [0.2, 0.25) is 0 Å². The van der Waals surface area contributed by atoms with Crippen LogP contribution in [0.3, 0.4) is 0 Å². The van der Waals surface area contributed by atoms with E-state index in [9.17, 15) is 5.11 Å². The molecule has 1 aliphatic carbocycles. The number of hydrogen-bond donors (Lipinski definition) is 1. The van der Waals surface area contributed by atoms with Crippen LogP contribution in [0.4, 0.5) is 0 Å². The highest BCUT2D eigenvalue weighted by Gasteiger charge is 2.23. The second kappa shape index (κ2) is 9.00. The maximum atomic E-state index is 10.3. The monoisotopic (exact) mass is 441 g/mol. The van der Waals surface area contributed by atoms with Gasteiger partial charge in [0, 0.05) is 56.5 Å². The number of hydrogen-bond acceptors (Lipinski definition) is 5. The third kappa shape index (κ3) is 4.39. The van der Waals surface area contributed by atoms with Crippen molar-refractivity contribution in [3.8, 4) is 22.6 Å². The molecular formula is C28H31N3O2. The summed E-state index contributed by atoms with van der Waals surface area (Å²) in [5, 5.41) is 10.3. The second-order valence-electron chi connectivity index (χ2n) is 9.21. The smallest absolute Gasteiger partial charge is 0.160 e. The summed E-state index contributed by atoms with van der Waals surface area (Å²) < 4.78 is 5.21. The second-order valence-corrected chi connectivity index (χ2v) is 9.21. The lowest BCUT2D eigenvalue weighted by Gasteiger charge is -2.32. The molecule has 5 rings (SSSR count). The number of aromatic nitrogens is 1. The number of aromatic hydroxyl groups is 1. The summed E-state index contributed by atoms with van der Waals surface area (Å²) in [5.74, 6) is 0.641. The Labute approximate surface area is 196 Å². The van der Waals surface area contributed by atoms with Crippen molar-refractivity contribution >= 4 is 5.57 Å². The lowest BCUT2D eigenvalue weighted by Crippen LogP contribution is -2.43. The van der Waals surface area contributed by atoms with Gasteiger partial charge in [-0.25, -0.2) is 0 Å². The van der Waals surface area contributed by atoms with E-state index in [2.05, 4.69) is 54.1 Å². The van der Waals surface area contributed by atoms with Gasteiger partial charge in [-0.2, -0.15) is 0 Å². The third-order valence-electron chi connectivity index (χ3n) is 6.86. The molecule has 2 aliphatic rings. The maximum absolute atomic E-state index is 10.3. The van der Waals surface area contributed by atoms with Gasteiger partial charge in [-0.1, -0.05) is 35.9 Å². The van der Waals surface area contributed by atoms with Crippen LogP contribution in [0, 0.1) is 0 Å². The van der Waals surface area contributed by atoms with E-state index in [1.54, 1.807) is 13.2 Å². The van der Waals surface area contributed by atoms with Gasteiger partial charge in [-0.05, 0) is 54.4 Å². The predicted molar refractivity (Wildman–Crippen MR) is 133 cm³/mol. The van der Waals surface area contributed by atoms with E-state index >= 15 is 0 Å². The van der Waals surface area contributed by atoms with Crippen LogP contribution in [-0.2, 0) is 13.0 Å². The van der Waals surface area contributed by atoms with E-state index in [0.29, 0.717) is 5.75 Å². The van der Waals surface area contributed by atoms with Gasteiger partial charge in [0.05, 0.1) is 12.8 Å². The van der Waals surface area contributed by atoms with Gasteiger partial charge in [0.1, 0.15) is 0 Å². The molecule has 33 heavy (non-hydrogen) atoms. The average Bonchev–Trinajstić information content (AvgIpc) is 3.16. The molecule has 1 aliphatic heterocycles. The van der Waals surface area contributed by atoms with Crippen molar-refractivity contribution in [2.75, 3.05) is 40.3 Å². The topological polar surface area (TPSA) is 48.8 Å². The number of methoxy groups -OCH3 is 1. The first-order valence-electron chi connectivity index (χ1n) is 11.6. The number of ether oxygens (including phenoxy) is 1. The fourth-order valence-corrected chi connectivity index (χ4v) is 4.89. The number of likely N-dealkylation sites (N-methyl/N-ethyl adjacent to an activating group) is 1. The summed E-state index contributed by atoms with van der Waals surface area (Å²) in [5.41, 5.74) is 9.29. The van der Waals surface area contributed by atoms with Crippen LogP contribution in [0.1, 0.15) is 29.3 Å². The number of fused-ring (bicyclic) bond motifs is 1. The van der Waals surface area contributed by atoms with E-state index < -0.39 is 0 Å². The minimum Gasteiger partial charge on any atom is -0.504 e. The Hall–Kier alpha value is -3.15. The predicted octanol–water partition coefficient (Wildman–Crippen LogP) is 4.59. The van der Waals surface area contributed by atoms with Gasteiger partial charge in [-0.15, -0.1) is 0 Å². The minimum absolute atomic E-state index is 0.156. The lowest BCUT2D eigenvalue weighted by atomic mass is 9.96. The van der Waals surface area contributed by atoms with Gasteiger partial charge in [0.2, 0.25) is 0 Å². The zero-order chi connectivity index (χ0) is 22.9. The van der Waals surface area contributed by atoms with Crippen LogP contribution < -0.4 is 4.74 Å². The Balaban J connectivity index is 1.39. The molecule has 1 fully saturated rings. The highest BCUT2D eigenvalue weighted by atomic mass is 16.5. The fraction of sp³-hybridized carbons (Fsp3) is 0.321. The van der Waals surface area contributed by atoms with Crippen molar-refractivity contribution in [1.82, 2.24) is 14.8 Å². The average molecular weight is 442 g/mol. The van der Waals surface area contributed by atoms with E-state index in [-0.39, 0.29) is 5.75 Å². The van der Waals surface area contributed by atoms with Gasteiger partial charge >= 0.3 is 0 Å². The number of rotatable bonds is 5. The Bertz CT molecular complexity index is 1190. The molecule has 1 N–H and O–H groups in total. The normalized spacial score (nSPS) is 16.8. The van der Waals surface area contributed by atoms with Crippen molar-refractivity contribution in [3.05, 3.63) is 82.7 Å². The zero-order valence-electron chi connectivity index (χ0n) is 19.6. The lowest BCUT2D eigenvalue weighted by molar-refractivity contribution is 0.148. The Kier molecular flexibility index (Phi) is 5.92. The molecule has 1 aromatic heterocycles. The standard InChI is InChI=1S/C28H31N3O2/c1-19-14-25-24(28(19)22-8-9-27(33-3)26(32)16-22)15-23(17-29-25)21-6-4-20(5-7-21)18-31-12-10-30(2)11-13-31/h4-9,15-17,32H,10-14,18H2,1-3H3. The molecule has 1 saturated heterocycles. The van der Waals surface area contributed by atoms with Gasteiger partial charge in [0.25, 0.3) is 0 Å². The van der Waals surface area contributed by atoms with Crippen LogP contribution >= 0.6 is 0 Å². The minimum atomic E-state index is 0.156. The Morgan fingerprint density at radius 3 is 2.36 bits per heavy atom. The van der Waals surface area contributed by atoms with E-state index in [4.69, 9.17) is 9.72 Å². The molecule has 0 saturated carbocycles. The van der Waals surface area contributed by atoms with E-state index in [0.717, 1.165) is 67.1 Å². The summed E-state index contributed by atoms with van der Waals surface area (Å²) in [6.45, 7) is 7.68. The molecule has 5 nitrogen and oxygen atoms in total. The Morgan fingerprint density at radius 1 is 0.939 bits per heavy atom. The Morgan fingerprint density at radius 2 is 1.67 bits per heavy atom. The summed E-state index contributed by atoms with van der Waals surface area (Å²) in [4.78, 5) is 9.71. The molecule has 3 aromatic rings. The molecular weight excluding hydrogens is 410 g/mol. The van der Waals surface area contributed by atoms with Crippen molar-refractivity contribution in [1.29, 1.82) is 0 Å². The van der Waals surface area contributed by atoms with Gasteiger partial charge in [-0.3, -0.25) is 9.88 Å². The fourth-order valence-electron chi connectivity index (χ4n) is 4.89. The number of piperazine rings is 1. The van der Waals surface area contributed by atoms with Gasteiger partial charge < -0.3 is 14.7 Å². The number of phenolic OH excluding ortho intramolecular Hbond substituents is 1. The number of pyridine rings is 1. The molecule has 170 valence electrons. The summed E-state index contributed by atoms with van der Waals surface area (Å²) >= 11 is 0. The first-order valence-corrected chi connectivity index (χ1v) is 11.6. The SMILES string of the molecule is COc1ccc(C2=C(C)Cc3ncc(-c4ccc(CN5CCN(C)CC5)cc4)cc32)cc1O. The van der Waals surface area contributed by atoms with E-state index in [1.165, 1.54) is 16.7 Å². The maximum Gasteiger partial charge on any atom is 0.160 e. The molecule has 0 spiro atoms. The highest BCUT2D eigenvalue weighted by molar-refractivity contribution is 5.88. The van der Waals surface area contributed by atoms with Gasteiger partial charge in [0.15, 0.2) is 11.5 Å². The molecule has 5 heteroatoms. The van der Waals surface area contributed by atoms with Crippen LogP contribution in [0.5, 0.6) is 11.5 Å². The van der Waals surface area contributed by atoms with Crippen molar-refractivity contribution in [2.45, 2.75) is 19.9 Å². The molecule has 0 amide bonds. The molecule has 0 radical (unpaired) electrons. The van der Waals surface area contributed by atoms with E-state index in [1.807, 2.05) is 18.3 Å². The van der Waals surface area contributed by atoms with Crippen LogP contribution in [-0.4, -0.2) is 60.2 Å². The number of benzene rings is 2. The van der Waals surface area contributed by atoms with Crippen molar-refractivity contribution in [2.24, 2.45) is 0 Å². The molecule has 2 heterocycles. The third-order valence-corrected chi connectivity index (χ3v) is 6.86. The zero-order valence-corrected chi connectivity index (χ0v) is 19.6. The first kappa shape index (κ1) is 21.7. The quantitative estimate of drug-likeness (QED) is 0.628. The highest BCUT2D eigenvalue weighted by Crippen LogP contribution is 2.40. The molecule has 0 atom stereocenters. The molecule has 2 aromatic carbocycles. The summed E-state index contributed by atoms with van der Waals surface area (Å²) in [7, 11) is 3.76. The van der Waals surface area contributed by atoms with Crippen LogP contribution in [0.25, 0.3) is 16.7 Å². The number of allylic oxidation sites excluding steroid dienone is 1. The molecule has 0 bridgehead atoms. The van der Waals surface area contributed by atoms with Crippen molar-refractivity contribution < 1.29 is 9.84 Å². The largest absolute Gasteiger partial charge is 0.504 e. The van der Waals surface area contributed by atoms with Crippen LogP contribution in [0.15, 0.2) is 60.3 Å². The summed E-state index contributed by atoms with van der Waals surface area (Å²) in [6, 6.07) is 16.7. The van der Waals surface area contributed by atoms with Crippen molar-refractivity contribution in [3.63, 3.8) is 0 Å². The number of nitrogens with zero attached hydrogens (tertiary/aromatic N) is 3. The molecule has 0 unspecified atom stereocenters. The summed E-state index contributed by atoms with van der Waals surface area (Å²) in [6.07, 6.45) is 2.82. The first-order chi connectivity index (χ1) is 16.0. The number of phenols is 1.